The zero-order valence-electron chi connectivity index (χ0n) is 7.57. The summed E-state index contributed by atoms with van der Waals surface area (Å²) >= 11 is 0. The van der Waals surface area contributed by atoms with Gasteiger partial charge >= 0.3 is 0 Å². The molecule has 0 aromatic heterocycles. The van der Waals surface area contributed by atoms with Gasteiger partial charge in [-0.15, -0.1) is 0 Å². The molecule has 2 N–H and O–H groups in total. The fourth-order valence-electron chi connectivity index (χ4n) is 0.733. The van der Waals surface area contributed by atoms with Gasteiger partial charge in [-0.05, 0) is 26.9 Å². The quantitative estimate of drug-likeness (QED) is 0.601. The molecule has 0 amide bonds. The molecule has 0 bridgehead atoms. The number of rotatable bonds is 5. The van der Waals surface area contributed by atoms with Crippen LogP contribution in [0.3, 0.4) is 0 Å². The fraction of sp³-hybridized carbons (Fsp3) is 1.00. The molecular weight excluding hydrogens is 124 g/mol. The molecule has 0 aliphatic heterocycles. The fourth-order valence-corrected chi connectivity index (χ4v) is 0.733. The Morgan fingerprint density at radius 3 is 2.20 bits per heavy atom. The molecule has 10 heavy (non-hydrogen) atoms. The zero-order chi connectivity index (χ0) is 7.98. The second-order valence-corrected chi connectivity index (χ2v) is 3.09. The van der Waals surface area contributed by atoms with Crippen molar-refractivity contribution < 1.29 is 0 Å². The van der Waals surface area contributed by atoms with Gasteiger partial charge < -0.3 is 10.6 Å². The van der Waals surface area contributed by atoms with Crippen LogP contribution in [0.15, 0.2) is 0 Å². The molecular formula is C8H20N2. The molecule has 0 radical (unpaired) electrons. The van der Waals surface area contributed by atoms with E-state index in [0.717, 1.165) is 6.54 Å². The number of hydrogen-bond acceptors (Lipinski definition) is 2. The predicted octanol–water partition coefficient (Wildman–Crippen LogP) is 0.982. The lowest BCUT2D eigenvalue weighted by Gasteiger charge is -2.12. The predicted molar refractivity (Wildman–Crippen MR) is 46.3 cm³/mol. The normalized spacial score (nSPS) is 14.1. The van der Waals surface area contributed by atoms with Crippen molar-refractivity contribution in [1.82, 2.24) is 10.6 Å². The van der Waals surface area contributed by atoms with E-state index in [1.54, 1.807) is 0 Å². The Hall–Kier alpha value is -0.0800. The molecule has 0 spiro atoms. The van der Waals surface area contributed by atoms with E-state index >= 15 is 0 Å². The van der Waals surface area contributed by atoms with Crippen molar-refractivity contribution in [2.24, 2.45) is 0 Å². The average molecular weight is 144 g/mol. The minimum Gasteiger partial charge on any atom is -0.317 e. The summed E-state index contributed by atoms with van der Waals surface area (Å²) < 4.78 is 0. The van der Waals surface area contributed by atoms with Crippen LogP contribution < -0.4 is 10.6 Å². The first kappa shape index (κ1) is 9.92. The van der Waals surface area contributed by atoms with Crippen LogP contribution in [0, 0.1) is 0 Å². The monoisotopic (exact) mass is 144 g/mol. The van der Waals surface area contributed by atoms with Gasteiger partial charge in [0, 0.05) is 12.1 Å². The van der Waals surface area contributed by atoms with E-state index in [0.29, 0.717) is 12.1 Å². The third-order valence-electron chi connectivity index (χ3n) is 1.62. The maximum absolute atomic E-state index is 3.37. The molecule has 0 rings (SSSR count). The highest BCUT2D eigenvalue weighted by Crippen LogP contribution is 1.87. The Kier molecular flexibility index (Phi) is 5.64. The van der Waals surface area contributed by atoms with E-state index in [4.69, 9.17) is 0 Å². The van der Waals surface area contributed by atoms with Gasteiger partial charge in [0.1, 0.15) is 0 Å². The van der Waals surface area contributed by atoms with Gasteiger partial charge in [-0.2, -0.15) is 0 Å². The summed E-state index contributed by atoms with van der Waals surface area (Å²) in [5.74, 6) is 0. The van der Waals surface area contributed by atoms with E-state index in [9.17, 15) is 0 Å². The summed E-state index contributed by atoms with van der Waals surface area (Å²) in [6.45, 7) is 7.65. The lowest BCUT2D eigenvalue weighted by Crippen LogP contribution is -2.30. The minimum absolute atomic E-state index is 0.615. The molecule has 0 aromatic carbocycles. The third kappa shape index (κ3) is 6.05. The van der Waals surface area contributed by atoms with Gasteiger partial charge in [0.15, 0.2) is 0 Å². The summed E-state index contributed by atoms with van der Waals surface area (Å²) in [5.41, 5.74) is 0. The first-order valence-electron chi connectivity index (χ1n) is 4.07. The number of nitrogens with one attached hydrogen (secondary N) is 2. The van der Waals surface area contributed by atoms with Crippen molar-refractivity contribution in [1.29, 1.82) is 0 Å². The topological polar surface area (TPSA) is 24.1 Å². The van der Waals surface area contributed by atoms with Crippen LogP contribution in [0.25, 0.3) is 0 Å². The first-order chi connectivity index (χ1) is 4.66. The molecule has 0 saturated heterocycles. The Bertz CT molecular complexity index is 71.7. The molecule has 0 aliphatic rings. The van der Waals surface area contributed by atoms with Gasteiger partial charge in [-0.25, -0.2) is 0 Å². The smallest absolute Gasteiger partial charge is 0.00478 e. The van der Waals surface area contributed by atoms with Crippen LogP contribution in [0.2, 0.25) is 0 Å². The molecule has 0 fully saturated rings. The average Bonchev–Trinajstić information content (AvgIpc) is 1.87. The van der Waals surface area contributed by atoms with Crippen molar-refractivity contribution in [2.75, 3.05) is 13.6 Å². The van der Waals surface area contributed by atoms with Crippen molar-refractivity contribution in [2.45, 2.75) is 39.3 Å². The largest absolute Gasteiger partial charge is 0.317 e. The standard InChI is InChI=1S/C8H20N2/c1-7(2)10-6-5-8(3)9-4/h7-10H,5-6H2,1-4H3. The Labute approximate surface area is 64.4 Å². The zero-order valence-corrected chi connectivity index (χ0v) is 7.57. The summed E-state index contributed by atoms with van der Waals surface area (Å²) in [4.78, 5) is 0. The third-order valence-corrected chi connectivity index (χ3v) is 1.62. The van der Waals surface area contributed by atoms with Gasteiger partial charge in [0.25, 0.3) is 0 Å². The summed E-state index contributed by atoms with van der Waals surface area (Å²) in [7, 11) is 2.00. The van der Waals surface area contributed by atoms with Crippen molar-refractivity contribution in [3.05, 3.63) is 0 Å². The molecule has 1 unspecified atom stereocenters. The van der Waals surface area contributed by atoms with Gasteiger partial charge in [-0.3, -0.25) is 0 Å². The molecule has 0 aromatic rings. The van der Waals surface area contributed by atoms with Crippen molar-refractivity contribution in [3.8, 4) is 0 Å². The van der Waals surface area contributed by atoms with Crippen LogP contribution >= 0.6 is 0 Å². The van der Waals surface area contributed by atoms with E-state index in [1.165, 1.54) is 6.42 Å². The SMILES string of the molecule is CNC(C)CCNC(C)C. The molecule has 0 saturated carbocycles. The van der Waals surface area contributed by atoms with E-state index < -0.39 is 0 Å². The van der Waals surface area contributed by atoms with Crippen LogP contribution in [0.1, 0.15) is 27.2 Å². The Morgan fingerprint density at radius 2 is 1.80 bits per heavy atom. The lowest BCUT2D eigenvalue weighted by atomic mass is 10.2. The minimum atomic E-state index is 0.615. The first-order valence-corrected chi connectivity index (χ1v) is 4.07. The van der Waals surface area contributed by atoms with Gasteiger partial charge in [0.05, 0.1) is 0 Å². The van der Waals surface area contributed by atoms with Crippen LogP contribution in [0.4, 0.5) is 0 Å². The number of hydrogen-bond donors (Lipinski definition) is 2. The molecule has 2 nitrogen and oxygen atoms in total. The molecule has 2 heteroatoms. The second kappa shape index (κ2) is 5.69. The van der Waals surface area contributed by atoms with Crippen LogP contribution in [-0.4, -0.2) is 25.7 Å². The molecule has 1 atom stereocenters. The molecule has 0 heterocycles. The van der Waals surface area contributed by atoms with E-state index in [2.05, 4.69) is 31.4 Å². The van der Waals surface area contributed by atoms with Gasteiger partial charge in [0.2, 0.25) is 0 Å². The van der Waals surface area contributed by atoms with E-state index in [1.807, 2.05) is 7.05 Å². The van der Waals surface area contributed by atoms with Gasteiger partial charge in [-0.1, -0.05) is 13.8 Å². The Balaban J connectivity index is 3.03. The van der Waals surface area contributed by atoms with Crippen LogP contribution in [-0.2, 0) is 0 Å². The summed E-state index contributed by atoms with van der Waals surface area (Å²) in [5, 5.41) is 6.57. The highest BCUT2D eigenvalue weighted by molar-refractivity contribution is 4.60. The summed E-state index contributed by atoms with van der Waals surface area (Å²) in [6.07, 6.45) is 1.20. The van der Waals surface area contributed by atoms with Crippen LogP contribution in [0.5, 0.6) is 0 Å². The maximum atomic E-state index is 3.37. The maximum Gasteiger partial charge on any atom is 0.00478 e. The highest BCUT2D eigenvalue weighted by Gasteiger charge is 1.97. The Morgan fingerprint density at radius 1 is 1.20 bits per heavy atom. The van der Waals surface area contributed by atoms with Crippen molar-refractivity contribution in [3.63, 3.8) is 0 Å². The molecule has 62 valence electrons. The second-order valence-electron chi connectivity index (χ2n) is 3.09. The highest BCUT2D eigenvalue weighted by atomic mass is 14.9. The van der Waals surface area contributed by atoms with E-state index in [-0.39, 0.29) is 0 Å². The molecule has 0 aliphatic carbocycles. The summed E-state index contributed by atoms with van der Waals surface area (Å²) in [6, 6.07) is 1.25. The van der Waals surface area contributed by atoms with Crippen molar-refractivity contribution >= 4 is 0 Å². The lowest BCUT2D eigenvalue weighted by molar-refractivity contribution is 0.501.